The molecule has 3 rings (SSSR count). The van der Waals surface area contributed by atoms with Crippen LogP contribution in [0, 0.1) is 30.9 Å². The highest BCUT2D eigenvalue weighted by molar-refractivity contribution is 7.98. The summed E-state index contributed by atoms with van der Waals surface area (Å²) in [6.07, 6.45) is 1.04. The van der Waals surface area contributed by atoms with E-state index in [0.717, 1.165) is 23.7 Å². The zero-order chi connectivity index (χ0) is 21.8. The zero-order valence-corrected chi connectivity index (χ0v) is 17.2. The minimum atomic E-state index is -0.892. The smallest absolute Gasteiger partial charge is 0.344 e. The minimum Gasteiger partial charge on any atom is -0.464 e. The van der Waals surface area contributed by atoms with Crippen LogP contribution in [0.25, 0.3) is 0 Å². The van der Waals surface area contributed by atoms with Gasteiger partial charge in [0.1, 0.15) is 12.0 Å². The predicted molar refractivity (Wildman–Crippen MR) is 109 cm³/mol. The van der Waals surface area contributed by atoms with E-state index in [0.29, 0.717) is 22.2 Å². The predicted octanol–water partition coefficient (Wildman–Crippen LogP) is 3.77. The summed E-state index contributed by atoms with van der Waals surface area (Å²) in [6, 6.07) is 7.01. The highest BCUT2D eigenvalue weighted by Crippen LogP contribution is 2.22. The lowest BCUT2D eigenvalue weighted by atomic mass is 10.1. The second-order valence-electron chi connectivity index (χ2n) is 6.44. The maximum Gasteiger partial charge on any atom is 0.344 e. The average molecular weight is 427 g/mol. The van der Waals surface area contributed by atoms with E-state index >= 15 is 0 Å². The van der Waals surface area contributed by atoms with Crippen LogP contribution in [0.3, 0.4) is 0 Å². The molecule has 0 aliphatic carbocycles. The number of carbonyl (C=O) groups is 1. The molecule has 30 heavy (non-hydrogen) atoms. The van der Waals surface area contributed by atoms with Crippen LogP contribution >= 0.6 is 11.8 Å². The molecule has 0 atom stereocenters. The Morgan fingerprint density at radius 2 is 1.87 bits per heavy atom. The maximum absolute atomic E-state index is 12.3. The molecular formula is C20H17N3O6S. The van der Waals surface area contributed by atoms with E-state index in [1.807, 2.05) is 19.9 Å². The highest BCUT2D eigenvalue weighted by atomic mass is 32.2. The molecule has 0 spiro atoms. The fraction of sp³-hybridized carbons (Fsp3) is 0.200. The molecule has 154 valence electrons. The van der Waals surface area contributed by atoms with Crippen LogP contribution in [0.2, 0.25) is 0 Å². The first kappa shape index (κ1) is 21.2. The second-order valence-corrected chi connectivity index (χ2v) is 7.39. The van der Waals surface area contributed by atoms with Crippen molar-refractivity contribution in [3.05, 3.63) is 85.2 Å². The lowest BCUT2D eigenvalue weighted by Crippen LogP contribution is -2.15. The number of carbonyl (C=O) groups excluding carboxylic acids is 1. The lowest BCUT2D eigenvalue weighted by molar-refractivity contribution is -0.385. The lowest BCUT2D eigenvalue weighted by Gasteiger charge is -2.06. The molecular weight excluding hydrogens is 410 g/mol. The number of nitro groups is 1. The van der Waals surface area contributed by atoms with Gasteiger partial charge in [0, 0.05) is 29.1 Å². The van der Waals surface area contributed by atoms with Gasteiger partial charge in [-0.15, -0.1) is 0 Å². The maximum atomic E-state index is 12.3. The first-order valence-electron chi connectivity index (χ1n) is 8.77. The Labute approximate surface area is 175 Å². The van der Waals surface area contributed by atoms with Crippen LogP contribution in [0.15, 0.2) is 51.0 Å². The summed E-state index contributed by atoms with van der Waals surface area (Å²) in [5.41, 5.74) is 1.28. The molecule has 0 bridgehead atoms. The number of hydrogen-bond acceptors (Lipinski definition) is 9. The number of esters is 1. The van der Waals surface area contributed by atoms with Crippen molar-refractivity contribution < 1.29 is 18.9 Å². The number of nitro benzene ring substituents is 1. The second kappa shape index (κ2) is 8.87. The van der Waals surface area contributed by atoms with Crippen molar-refractivity contribution in [2.24, 2.45) is 0 Å². The summed E-state index contributed by atoms with van der Waals surface area (Å²) in [4.78, 5) is 43.6. The van der Waals surface area contributed by atoms with Crippen LogP contribution < -0.4 is 10.2 Å². The van der Waals surface area contributed by atoms with Crippen LogP contribution in [-0.2, 0) is 5.75 Å². The number of hydrogen-bond donors (Lipinski definition) is 0. The van der Waals surface area contributed by atoms with Gasteiger partial charge in [-0.3, -0.25) is 14.9 Å². The van der Waals surface area contributed by atoms with Gasteiger partial charge in [-0.2, -0.15) is 0 Å². The van der Waals surface area contributed by atoms with Gasteiger partial charge in [-0.1, -0.05) is 17.8 Å². The van der Waals surface area contributed by atoms with E-state index in [1.165, 1.54) is 30.0 Å². The highest BCUT2D eigenvalue weighted by Gasteiger charge is 2.18. The minimum absolute atomic E-state index is 0.0432. The third-order valence-corrected chi connectivity index (χ3v) is 4.87. The van der Waals surface area contributed by atoms with E-state index in [-0.39, 0.29) is 17.0 Å². The summed E-state index contributed by atoms with van der Waals surface area (Å²) in [5, 5.41) is 11.6. The number of ether oxygens (including phenoxy) is 1. The summed E-state index contributed by atoms with van der Waals surface area (Å²) in [5.74, 6) is -0.523. The number of thioether (sulfide) groups is 1. The van der Waals surface area contributed by atoms with E-state index in [2.05, 4.69) is 9.97 Å². The fourth-order valence-electron chi connectivity index (χ4n) is 2.57. The molecule has 0 saturated carbocycles. The zero-order valence-electron chi connectivity index (χ0n) is 16.4. The van der Waals surface area contributed by atoms with Gasteiger partial charge in [-0.05, 0) is 32.9 Å². The summed E-state index contributed by atoms with van der Waals surface area (Å²) >= 11 is 1.31. The van der Waals surface area contributed by atoms with E-state index in [1.54, 1.807) is 6.92 Å². The fourth-order valence-corrected chi connectivity index (χ4v) is 3.41. The first-order chi connectivity index (χ1) is 14.2. The Balaban J connectivity index is 1.71. The first-order valence-corrected chi connectivity index (χ1v) is 9.75. The van der Waals surface area contributed by atoms with E-state index in [9.17, 15) is 19.7 Å². The quantitative estimate of drug-likeness (QED) is 0.190. The van der Waals surface area contributed by atoms with Crippen molar-refractivity contribution in [3.63, 3.8) is 0 Å². The topological polar surface area (TPSA) is 125 Å². The van der Waals surface area contributed by atoms with Crippen molar-refractivity contribution in [3.8, 4) is 5.75 Å². The van der Waals surface area contributed by atoms with Crippen molar-refractivity contribution in [1.82, 2.24) is 9.97 Å². The monoisotopic (exact) mass is 427 g/mol. The van der Waals surface area contributed by atoms with Gasteiger partial charge in [-0.25, -0.2) is 14.8 Å². The van der Waals surface area contributed by atoms with Crippen LogP contribution in [-0.4, -0.2) is 20.9 Å². The van der Waals surface area contributed by atoms with Gasteiger partial charge in [0.25, 0.3) is 5.69 Å². The van der Waals surface area contributed by atoms with E-state index in [4.69, 9.17) is 9.15 Å². The number of aromatic nitrogens is 2. The summed E-state index contributed by atoms with van der Waals surface area (Å²) < 4.78 is 10.4. The average Bonchev–Trinajstić information content (AvgIpc) is 2.67. The molecule has 10 heteroatoms. The molecule has 3 aromatic rings. The summed E-state index contributed by atoms with van der Waals surface area (Å²) in [7, 11) is 0. The molecule has 0 aliphatic rings. The van der Waals surface area contributed by atoms with Gasteiger partial charge < -0.3 is 9.15 Å². The molecule has 0 saturated heterocycles. The molecule has 0 amide bonds. The molecule has 9 nitrogen and oxygen atoms in total. The Bertz CT molecular complexity index is 1170. The molecule has 2 aromatic heterocycles. The van der Waals surface area contributed by atoms with Crippen LogP contribution in [0.4, 0.5) is 5.69 Å². The van der Waals surface area contributed by atoms with Gasteiger partial charge in [0.2, 0.25) is 11.2 Å². The van der Waals surface area contributed by atoms with Gasteiger partial charge >= 0.3 is 5.97 Å². The molecule has 0 N–H and O–H groups in total. The third kappa shape index (κ3) is 5.09. The van der Waals surface area contributed by atoms with Crippen LogP contribution in [0.5, 0.6) is 5.75 Å². The molecule has 0 aliphatic heterocycles. The standard InChI is InChI=1S/C20H17N3O6S/c1-11-4-5-14(7-16(11)23(26)27)19(25)29-18-9-28-15(8-17(18)24)10-30-20-21-12(2)6-13(3)22-20/h4-9H,10H2,1-3H3. The number of benzene rings is 1. The third-order valence-electron chi connectivity index (χ3n) is 4.00. The number of rotatable bonds is 6. The van der Waals surface area contributed by atoms with Gasteiger partial charge in [0.15, 0.2) is 5.16 Å². The molecule has 1 aromatic carbocycles. The van der Waals surface area contributed by atoms with Crippen molar-refractivity contribution in [2.45, 2.75) is 31.7 Å². The van der Waals surface area contributed by atoms with Crippen LogP contribution in [0.1, 0.15) is 33.1 Å². The Kier molecular flexibility index (Phi) is 6.26. The largest absolute Gasteiger partial charge is 0.464 e. The molecule has 2 heterocycles. The SMILES string of the molecule is Cc1cc(C)nc(SCc2cc(=O)c(OC(=O)c3ccc(C)c([N+](=O)[O-])c3)co2)n1. The van der Waals surface area contributed by atoms with Crippen molar-refractivity contribution in [1.29, 1.82) is 0 Å². The Morgan fingerprint density at radius 1 is 1.17 bits per heavy atom. The number of aryl methyl sites for hydroxylation is 3. The van der Waals surface area contributed by atoms with Crippen molar-refractivity contribution >= 4 is 23.4 Å². The molecule has 0 fully saturated rings. The van der Waals surface area contributed by atoms with Crippen molar-refractivity contribution in [2.75, 3.05) is 0 Å². The Hall–Kier alpha value is -3.53. The molecule has 0 radical (unpaired) electrons. The summed E-state index contributed by atoms with van der Waals surface area (Å²) in [6.45, 7) is 5.29. The van der Waals surface area contributed by atoms with Gasteiger partial charge in [0.05, 0.1) is 16.2 Å². The molecule has 0 unspecified atom stereocenters. The normalized spacial score (nSPS) is 10.6. The van der Waals surface area contributed by atoms with E-state index < -0.39 is 16.3 Å². The Morgan fingerprint density at radius 3 is 2.50 bits per heavy atom. The number of nitrogens with zero attached hydrogens (tertiary/aromatic N) is 3.